The molecule has 0 unspecified atom stereocenters. The highest BCUT2D eigenvalue weighted by Crippen LogP contribution is 2.02. The highest BCUT2D eigenvalue weighted by atomic mass is 16.3. The number of primary amides is 1. The molecule has 3 N–H and O–H groups in total. The molecule has 1 rings (SSSR count). The number of hydrogen-bond acceptors (Lipinski definition) is 4. The largest absolute Gasteiger partial charge is 0.441 e. The van der Waals surface area contributed by atoms with Gasteiger partial charge in [0.25, 0.3) is 5.89 Å². The molecule has 0 fully saturated rings. The molecule has 0 bridgehead atoms. The highest BCUT2D eigenvalue weighted by Gasteiger charge is 2.23. The van der Waals surface area contributed by atoms with Crippen molar-refractivity contribution in [1.29, 1.82) is 0 Å². The summed E-state index contributed by atoms with van der Waals surface area (Å²) >= 11 is 0. The normalized spacial score (nSPS) is 12.5. The zero-order valence-corrected chi connectivity index (χ0v) is 8.56. The summed E-state index contributed by atoms with van der Waals surface area (Å²) in [6.07, 6.45) is 2.63. The number of hydrogen-bond donors (Lipinski definition) is 2. The number of amides is 2. The fourth-order valence-electron chi connectivity index (χ4n) is 1.10. The Morgan fingerprint density at radius 3 is 2.60 bits per heavy atom. The van der Waals surface area contributed by atoms with Crippen molar-refractivity contribution in [2.24, 2.45) is 11.7 Å². The van der Waals surface area contributed by atoms with E-state index in [0.717, 1.165) is 0 Å². The summed E-state index contributed by atoms with van der Waals surface area (Å²) in [5.41, 5.74) is 5.13. The topological polar surface area (TPSA) is 98.2 Å². The second-order valence-corrected chi connectivity index (χ2v) is 3.43. The molecule has 82 valence electrons. The van der Waals surface area contributed by atoms with Gasteiger partial charge in [-0.25, -0.2) is 4.98 Å². The van der Waals surface area contributed by atoms with Gasteiger partial charge in [0, 0.05) is 0 Å². The zero-order chi connectivity index (χ0) is 11.4. The number of rotatable bonds is 4. The third-order valence-corrected chi connectivity index (χ3v) is 1.89. The molecule has 1 heterocycles. The summed E-state index contributed by atoms with van der Waals surface area (Å²) in [6.45, 7) is 3.57. The van der Waals surface area contributed by atoms with Crippen LogP contribution in [0.4, 0.5) is 0 Å². The molecule has 1 atom stereocenters. The van der Waals surface area contributed by atoms with E-state index in [2.05, 4.69) is 10.3 Å². The summed E-state index contributed by atoms with van der Waals surface area (Å²) in [6, 6.07) is -0.718. The molecule has 0 aliphatic rings. The van der Waals surface area contributed by atoms with Gasteiger partial charge in [0.2, 0.25) is 5.91 Å². The minimum Gasteiger partial charge on any atom is -0.441 e. The second-order valence-electron chi connectivity index (χ2n) is 3.43. The van der Waals surface area contributed by atoms with Gasteiger partial charge in [0.05, 0.1) is 6.20 Å². The van der Waals surface area contributed by atoms with E-state index in [0.29, 0.717) is 0 Å². The molecule has 0 aromatic carbocycles. The summed E-state index contributed by atoms with van der Waals surface area (Å²) in [4.78, 5) is 26.1. The van der Waals surface area contributed by atoms with Crippen molar-refractivity contribution in [3.63, 3.8) is 0 Å². The Kier molecular flexibility index (Phi) is 3.43. The highest BCUT2D eigenvalue weighted by molar-refractivity contribution is 5.93. The number of oxazole rings is 1. The SMILES string of the molecule is CC(C)[C@H](NC(=O)c1ncco1)C(N)=O. The first-order chi connectivity index (χ1) is 7.02. The quantitative estimate of drug-likeness (QED) is 0.727. The molecule has 1 aromatic heterocycles. The van der Waals surface area contributed by atoms with Crippen LogP contribution in [-0.2, 0) is 4.79 Å². The molecular weight excluding hydrogens is 198 g/mol. The number of nitrogens with two attached hydrogens (primary N) is 1. The van der Waals surface area contributed by atoms with Crippen LogP contribution in [0.25, 0.3) is 0 Å². The number of carbonyl (C=O) groups excluding carboxylic acids is 2. The molecule has 6 nitrogen and oxygen atoms in total. The van der Waals surface area contributed by atoms with Crippen molar-refractivity contribution in [3.8, 4) is 0 Å². The van der Waals surface area contributed by atoms with Crippen LogP contribution >= 0.6 is 0 Å². The lowest BCUT2D eigenvalue weighted by molar-refractivity contribution is -0.120. The van der Waals surface area contributed by atoms with Gasteiger partial charge in [-0.3, -0.25) is 9.59 Å². The molecular formula is C9H13N3O3. The number of aromatic nitrogens is 1. The van der Waals surface area contributed by atoms with Gasteiger partial charge in [-0.15, -0.1) is 0 Å². The third-order valence-electron chi connectivity index (χ3n) is 1.89. The van der Waals surface area contributed by atoms with Gasteiger partial charge < -0.3 is 15.5 Å². The van der Waals surface area contributed by atoms with E-state index in [4.69, 9.17) is 10.2 Å². The van der Waals surface area contributed by atoms with E-state index in [1.54, 1.807) is 13.8 Å². The van der Waals surface area contributed by atoms with Crippen LogP contribution in [0.2, 0.25) is 0 Å². The fourth-order valence-corrected chi connectivity index (χ4v) is 1.10. The Labute approximate surface area is 86.8 Å². The maximum atomic E-state index is 11.4. The Bertz CT molecular complexity index is 345. The van der Waals surface area contributed by atoms with Gasteiger partial charge in [0.1, 0.15) is 12.3 Å². The molecule has 0 spiro atoms. The summed E-state index contributed by atoms with van der Waals surface area (Å²) in [5, 5.41) is 2.45. The predicted molar refractivity (Wildman–Crippen MR) is 51.8 cm³/mol. The molecule has 6 heteroatoms. The molecule has 2 amide bonds. The maximum Gasteiger partial charge on any atom is 0.307 e. The Morgan fingerprint density at radius 1 is 1.53 bits per heavy atom. The molecule has 0 aliphatic carbocycles. The maximum absolute atomic E-state index is 11.4. The number of carbonyl (C=O) groups is 2. The second kappa shape index (κ2) is 4.59. The van der Waals surface area contributed by atoms with Crippen molar-refractivity contribution in [3.05, 3.63) is 18.4 Å². The van der Waals surface area contributed by atoms with Crippen molar-refractivity contribution in [2.45, 2.75) is 19.9 Å². The predicted octanol–water partition coefficient (Wildman–Crippen LogP) is -0.0857. The zero-order valence-electron chi connectivity index (χ0n) is 8.56. The lowest BCUT2D eigenvalue weighted by Crippen LogP contribution is -2.47. The van der Waals surface area contributed by atoms with Gasteiger partial charge in [0.15, 0.2) is 0 Å². The molecule has 0 saturated heterocycles. The lowest BCUT2D eigenvalue weighted by atomic mass is 10.0. The van der Waals surface area contributed by atoms with Crippen molar-refractivity contribution in [1.82, 2.24) is 10.3 Å². The first kappa shape index (κ1) is 11.2. The Hall–Kier alpha value is -1.85. The first-order valence-corrected chi connectivity index (χ1v) is 4.52. The van der Waals surface area contributed by atoms with Crippen molar-refractivity contribution >= 4 is 11.8 Å². The van der Waals surface area contributed by atoms with Crippen LogP contribution in [-0.4, -0.2) is 22.8 Å². The van der Waals surface area contributed by atoms with Gasteiger partial charge >= 0.3 is 5.91 Å². The number of nitrogens with one attached hydrogen (secondary N) is 1. The van der Waals surface area contributed by atoms with E-state index in [1.807, 2.05) is 0 Å². The molecule has 15 heavy (non-hydrogen) atoms. The van der Waals surface area contributed by atoms with E-state index in [1.165, 1.54) is 12.5 Å². The van der Waals surface area contributed by atoms with E-state index < -0.39 is 17.9 Å². The van der Waals surface area contributed by atoms with E-state index >= 15 is 0 Å². The smallest absolute Gasteiger partial charge is 0.307 e. The minimum absolute atomic E-state index is 0.0816. The van der Waals surface area contributed by atoms with Crippen LogP contribution in [0, 0.1) is 5.92 Å². The van der Waals surface area contributed by atoms with Crippen LogP contribution in [0.15, 0.2) is 16.9 Å². The summed E-state index contributed by atoms with van der Waals surface area (Å²) in [5.74, 6) is -1.29. The average molecular weight is 211 g/mol. The molecule has 0 aliphatic heterocycles. The standard InChI is InChI=1S/C9H13N3O3/c1-5(2)6(7(10)13)12-8(14)9-11-3-4-15-9/h3-6H,1-2H3,(H2,10,13)(H,12,14)/t6-/m0/s1. The summed E-state index contributed by atoms with van der Waals surface area (Å²) in [7, 11) is 0. The van der Waals surface area contributed by atoms with Crippen LogP contribution in [0.1, 0.15) is 24.5 Å². The number of nitrogens with zero attached hydrogens (tertiary/aromatic N) is 1. The fraction of sp³-hybridized carbons (Fsp3) is 0.444. The van der Waals surface area contributed by atoms with Gasteiger partial charge in [-0.05, 0) is 5.92 Å². The minimum atomic E-state index is -0.718. The average Bonchev–Trinajstić information content (AvgIpc) is 2.65. The van der Waals surface area contributed by atoms with Crippen molar-refractivity contribution in [2.75, 3.05) is 0 Å². The summed E-state index contributed by atoms with van der Waals surface area (Å²) < 4.78 is 4.78. The van der Waals surface area contributed by atoms with Crippen LogP contribution in [0.5, 0.6) is 0 Å². The van der Waals surface area contributed by atoms with Crippen molar-refractivity contribution < 1.29 is 14.0 Å². The van der Waals surface area contributed by atoms with Gasteiger partial charge in [-0.2, -0.15) is 0 Å². The van der Waals surface area contributed by atoms with Gasteiger partial charge in [-0.1, -0.05) is 13.8 Å². The first-order valence-electron chi connectivity index (χ1n) is 4.52. The lowest BCUT2D eigenvalue weighted by Gasteiger charge is -2.17. The van der Waals surface area contributed by atoms with Crippen LogP contribution < -0.4 is 11.1 Å². The Morgan fingerprint density at radius 2 is 2.20 bits per heavy atom. The monoisotopic (exact) mass is 211 g/mol. The van der Waals surface area contributed by atoms with E-state index in [-0.39, 0.29) is 11.8 Å². The molecule has 0 saturated carbocycles. The third kappa shape index (κ3) is 2.80. The molecule has 0 radical (unpaired) electrons. The molecule has 1 aromatic rings. The van der Waals surface area contributed by atoms with E-state index in [9.17, 15) is 9.59 Å². The van der Waals surface area contributed by atoms with Crippen LogP contribution in [0.3, 0.4) is 0 Å². The Balaban J connectivity index is 2.67.